The van der Waals surface area contributed by atoms with Gasteiger partial charge in [0.25, 0.3) is 5.91 Å². The van der Waals surface area contributed by atoms with Crippen molar-refractivity contribution in [1.29, 1.82) is 0 Å². The molecule has 0 bridgehead atoms. The Morgan fingerprint density at radius 1 is 0.889 bits per heavy atom. The number of ether oxygens (including phenoxy) is 2. The van der Waals surface area contributed by atoms with E-state index < -0.39 is 0 Å². The van der Waals surface area contributed by atoms with Crippen molar-refractivity contribution < 1.29 is 19.1 Å². The Balaban J connectivity index is 1.33. The summed E-state index contributed by atoms with van der Waals surface area (Å²) in [5, 5.41) is 0. The normalized spacial score (nSPS) is 21.2. The van der Waals surface area contributed by atoms with Crippen LogP contribution < -0.4 is 9.47 Å². The summed E-state index contributed by atoms with van der Waals surface area (Å²) in [4.78, 5) is 31.7. The van der Waals surface area contributed by atoms with Crippen LogP contribution in [0.2, 0.25) is 0 Å². The molecule has 7 heteroatoms. The number of likely N-dealkylation sites (N-methyl/N-ethyl adjacent to an activating group) is 1. The molecular formula is C20H27N3O4. The lowest BCUT2D eigenvalue weighted by atomic mass is 9.94. The lowest BCUT2D eigenvalue weighted by molar-refractivity contribution is -0.138. The van der Waals surface area contributed by atoms with Crippen molar-refractivity contribution in [3.63, 3.8) is 0 Å². The maximum absolute atomic E-state index is 12.8. The molecule has 1 aromatic rings. The lowest BCUT2D eigenvalue weighted by Gasteiger charge is -2.37. The Hall–Kier alpha value is -2.28. The maximum Gasteiger partial charge on any atom is 0.253 e. The van der Waals surface area contributed by atoms with E-state index in [1.54, 1.807) is 18.2 Å². The minimum absolute atomic E-state index is 0.00234. The molecule has 2 fully saturated rings. The van der Waals surface area contributed by atoms with E-state index in [9.17, 15) is 9.59 Å². The van der Waals surface area contributed by atoms with Gasteiger partial charge in [-0.1, -0.05) is 0 Å². The Labute approximate surface area is 159 Å². The zero-order chi connectivity index (χ0) is 18.8. The smallest absolute Gasteiger partial charge is 0.253 e. The van der Waals surface area contributed by atoms with E-state index in [1.807, 2.05) is 9.80 Å². The van der Waals surface area contributed by atoms with Gasteiger partial charge < -0.3 is 24.2 Å². The molecule has 146 valence electrons. The van der Waals surface area contributed by atoms with E-state index in [4.69, 9.17) is 9.47 Å². The molecule has 0 N–H and O–H groups in total. The highest BCUT2D eigenvalue weighted by Crippen LogP contribution is 2.31. The predicted molar refractivity (Wildman–Crippen MR) is 100 cm³/mol. The van der Waals surface area contributed by atoms with E-state index in [0.717, 1.165) is 39.0 Å². The van der Waals surface area contributed by atoms with Crippen LogP contribution in [0.3, 0.4) is 0 Å². The molecule has 0 spiro atoms. The summed E-state index contributed by atoms with van der Waals surface area (Å²) in [6.45, 7) is 5.78. The number of rotatable bonds is 2. The Kier molecular flexibility index (Phi) is 5.20. The van der Waals surface area contributed by atoms with Crippen LogP contribution in [0.5, 0.6) is 11.5 Å². The third-order valence-electron chi connectivity index (χ3n) is 5.74. The van der Waals surface area contributed by atoms with Gasteiger partial charge in [-0.2, -0.15) is 0 Å². The third kappa shape index (κ3) is 3.88. The van der Waals surface area contributed by atoms with Crippen molar-refractivity contribution in [3.8, 4) is 11.5 Å². The summed E-state index contributed by atoms with van der Waals surface area (Å²) in [7, 11) is 2.09. The van der Waals surface area contributed by atoms with Crippen molar-refractivity contribution in [2.45, 2.75) is 12.8 Å². The number of carbonyl (C=O) groups is 2. The van der Waals surface area contributed by atoms with Gasteiger partial charge in [0.05, 0.1) is 0 Å². The van der Waals surface area contributed by atoms with Gasteiger partial charge >= 0.3 is 0 Å². The highest BCUT2D eigenvalue weighted by Gasteiger charge is 2.31. The minimum atomic E-state index is -0.00234. The topological polar surface area (TPSA) is 62.3 Å². The molecular weight excluding hydrogens is 346 g/mol. The molecule has 0 atom stereocenters. The van der Waals surface area contributed by atoms with Gasteiger partial charge in [0, 0.05) is 50.7 Å². The Morgan fingerprint density at radius 3 is 2.26 bits per heavy atom. The number of fused-ring (bicyclic) bond motifs is 1. The monoisotopic (exact) mass is 373 g/mol. The number of benzene rings is 1. The lowest BCUT2D eigenvalue weighted by Crippen LogP contribution is -2.51. The fourth-order valence-electron chi connectivity index (χ4n) is 3.97. The molecule has 3 aliphatic heterocycles. The van der Waals surface area contributed by atoms with E-state index in [1.165, 1.54) is 0 Å². The largest absolute Gasteiger partial charge is 0.486 e. The number of hydrogen-bond acceptors (Lipinski definition) is 5. The van der Waals surface area contributed by atoms with Gasteiger partial charge in [0.2, 0.25) is 5.91 Å². The van der Waals surface area contributed by atoms with E-state index >= 15 is 0 Å². The minimum Gasteiger partial charge on any atom is -0.486 e. The van der Waals surface area contributed by atoms with E-state index in [0.29, 0.717) is 43.4 Å². The van der Waals surface area contributed by atoms with Gasteiger partial charge in [-0.3, -0.25) is 9.59 Å². The molecule has 0 aliphatic carbocycles. The molecule has 1 aromatic carbocycles. The van der Waals surface area contributed by atoms with Crippen LogP contribution in [0.4, 0.5) is 0 Å². The fraction of sp³-hybridized carbons (Fsp3) is 0.600. The Morgan fingerprint density at radius 2 is 1.56 bits per heavy atom. The molecule has 7 nitrogen and oxygen atoms in total. The number of piperazine rings is 1. The van der Waals surface area contributed by atoms with Gasteiger partial charge in [-0.25, -0.2) is 0 Å². The highest BCUT2D eigenvalue weighted by atomic mass is 16.6. The first-order valence-corrected chi connectivity index (χ1v) is 9.78. The first-order valence-electron chi connectivity index (χ1n) is 9.78. The van der Waals surface area contributed by atoms with Gasteiger partial charge in [-0.15, -0.1) is 0 Å². The number of carbonyl (C=O) groups excluding carboxylic acids is 2. The van der Waals surface area contributed by atoms with Crippen molar-refractivity contribution >= 4 is 11.8 Å². The molecule has 3 heterocycles. The predicted octanol–water partition coefficient (Wildman–Crippen LogP) is 1.08. The summed E-state index contributed by atoms with van der Waals surface area (Å²) in [6, 6.07) is 5.35. The molecule has 0 saturated carbocycles. The molecule has 0 unspecified atom stereocenters. The second kappa shape index (κ2) is 7.76. The number of amides is 2. The summed E-state index contributed by atoms with van der Waals surface area (Å²) in [6.07, 6.45) is 1.48. The number of piperidine rings is 1. The summed E-state index contributed by atoms with van der Waals surface area (Å²) in [5.41, 5.74) is 0.614. The summed E-state index contributed by atoms with van der Waals surface area (Å²) >= 11 is 0. The molecule has 2 amide bonds. The molecule has 4 rings (SSSR count). The quantitative estimate of drug-likeness (QED) is 0.777. The number of nitrogens with zero attached hydrogens (tertiary/aromatic N) is 3. The molecule has 0 radical (unpaired) electrons. The molecule has 27 heavy (non-hydrogen) atoms. The first-order chi connectivity index (χ1) is 13.1. The SMILES string of the molecule is CN1CCN(C(=O)C2CCN(C(=O)c3ccc4c(c3)OCCO4)CC2)CC1. The summed E-state index contributed by atoms with van der Waals surface area (Å²) < 4.78 is 11.1. The second-order valence-corrected chi connectivity index (χ2v) is 7.55. The summed E-state index contributed by atoms with van der Waals surface area (Å²) in [5.74, 6) is 1.62. The first kappa shape index (κ1) is 18.1. The van der Waals surface area contributed by atoms with Crippen molar-refractivity contribution in [2.75, 3.05) is 59.5 Å². The molecule has 0 aromatic heterocycles. The number of likely N-dealkylation sites (tertiary alicyclic amines) is 1. The van der Waals surface area contributed by atoms with Crippen LogP contribution in [0.25, 0.3) is 0 Å². The molecule has 3 aliphatic rings. The zero-order valence-corrected chi connectivity index (χ0v) is 15.9. The zero-order valence-electron chi connectivity index (χ0n) is 15.9. The average molecular weight is 373 g/mol. The van der Waals surface area contributed by atoms with Crippen LogP contribution in [-0.2, 0) is 4.79 Å². The van der Waals surface area contributed by atoms with Crippen molar-refractivity contribution in [3.05, 3.63) is 23.8 Å². The van der Waals surface area contributed by atoms with E-state index in [2.05, 4.69) is 11.9 Å². The maximum atomic E-state index is 12.8. The van der Waals surface area contributed by atoms with Crippen molar-refractivity contribution in [1.82, 2.24) is 14.7 Å². The number of hydrogen-bond donors (Lipinski definition) is 0. The second-order valence-electron chi connectivity index (χ2n) is 7.55. The third-order valence-corrected chi connectivity index (χ3v) is 5.74. The van der Waals surface area contributed by atoms with Crippen LogP contribution in [0.1, 0.15) is 23.2 Å². The van der Waals surface area contributed by atoms with Crippen LogP contribution in [-0.4, -0.2) is 86.0 Å². The standard InChI is InChI=1S/C20H27N3O4/c1-21-8-10-23(11-9-21)19(24)15-4-6-22(7-5-15)20(25)16-2-3-17-18(14-16)27-13-12-26-17/h2-3,14-15H,4-13H2,1H3. The van der Waals surface area contributed by atoms with Gasteiger partial charge in [-0.05, 0) is 38.1 Å². The van der Waals surface area contributed by atoms with Gasteiger partial charge in [0.15, 0.2) is 11.5 Å². The van der Waals surface area contributed by atoms with Crippen molar-refractivity contribution in [2.24, 2.45) is 5.92 Å². The van der Waals surface area contributed by atoms with E-state index in [-0.39, 0.29) is 17.7 Å². The molecule has 2 saturated heterocycles. The fourth-order valence-corrected chi connectivity index (χ4v) is 3.97. The van der Waals surface area contributed by atoms with Gasteiger partial charge in [0.1, 0.15) is 13.2 Å². The average Bonchev–Trinajstić information content (AvgIpc) is 2.73. The Bertz CT molecular complexity index is 707. The van der Waals surface area contributed by atoms with Crippen LogP contribution in [0.15, 0.2) is 18.2 Å². The van der Waals surface area contributed by atoms with Crippen LogP contribution in [0, 0.1) is 5.92 Å². The van der Waals surface area contributed by atoms with Crippen LogP contribution >= 0.6 is 0 Å². The highest BCUT2D eigenvalue weighted by molar-refractivity contribution is 5.95.